The lowest BCUT2D eigenvalue weighted by atomic mass is 10.3. The van der Waals surface area contributed by atoms with Gasteiger partial charge >= 0.3 is 0 Å². The minimum Gasteiger partial charge on any atom is -0.339 e. The molecule has 150 valence electrons. The first-order chi connectivity index (χ1) is 13.3. The van der Waals surface area contributed by atoms with Crippen LogP contribution in [0.15, 0.2) is 52.3 Å². The zero-order chi connectivity index (χ0) is 20.3. The lowest BCUT2D eigenvalue weighted by Crippen LogP contribution is -2.51. The van der Waals surface area contributed by atoms with Crippen LogP contribution in [0.1, 0.15) is 0 Å². The standard InChI is InChI=1S/C18H17Cl2FN2O3S2/c19-13-1-6-16(20)17(11-13)28(25,26)23-9-7-22(8-10-23)18(24)12-27-15-4-2-14(21)3-5-15/h1-6,11H,7-10,12H2. The Bertz CT molecular complexity index is 963. The van der Waals surface area contributed by atoms with Crippen molar-refractivity contribution in [3.63, 3.8) is 0 Å². The van der Waals surface area contributed by atoms with E-state index in [9.17, 15) is 17.6 Å². The summed E-state index contributed by atoms with van der Waals surface area (Å²) in [4.78, 5) is 14.8. The normalized spacial score (nSPS) is 15.6. The number of halogens is 3. The molecule has 0 N–H and O–H groups in total. The van der Waals surface area contributed by atoms with E-state index in [1.807, 2.05) is 0 Å². The van der Waals surface area contributed by atoms with Gasteiger partial charge in [0.1, 0.15) is 10.7 Å². The van der Waals surface area contributed by atoms with Crippen LogP contribution in [0.2, 0.25) is 10.0 Å². The van der Waals surface area contributed by atoms with Gasteiger partial charge in [-0.15, -0.1) is 11.8 Å². The molecule has 0 bridgehead atoms. The molecule has 0 radical (unpaired) electrons. The molecule has 2 aromatic carbocycles. The Hall–Kier alpha value is -1.32. The highest BCUT2D eigenvalue weighted by Gasteiger charge is 2.31. The number of carbonyl (C=O) groups is 1. The minimum absolute atomic E-state index is 0.0340. The molecular weight excluding hydrogens is 446 g/mol. The number of carbonyl (C=O) groups excluding carboxylic acids is 1. The summed E-state index contributed by atoms with van der Waals surface area (Å²) < 4.78 is 39.9. The number of nitrogens with zero attached hydrogens (tertiary/aromatic N) is 2. The lowest BCUT2D eigenvalue weighted by Gasteiger charge is -2.34. The molecule has 0 aliphatic carbocycles. The molecule has 1 fully saturated rings. The first kappa shape index (κ1) is 21.4. The summed E-state index contributed by atoms with van der Waals surface area (Å²) in [5, 5.41) is 0.396. The highest BCUT2D eigenvalue weighted by Crippen LogP contribution is 2.28. The average molecular weight is 463 g/mol. The molecule has 1 aliphatic rings. The highest BCUT2D eigenvalue weighted by molar-refractivity contribution is 8.00. The molecule has 1 heterocycles. The van der Waals surface area contributed by atoms with E-state index in [4.69, 9.17) is 23.2 Å². The van der Waals surface area contributed by atoms with E-state index in [2.05, 4.69) is 0 Å². The highest BCUT2D eigenvalue weighted by atomic mass is 35.5. The maximum Gasteiger partial charge on any atom is 0.244 e. The van der Waals surface area contributed by atoms with E-state index in [0.29, 0.717) is 13.1 Å². The van der Waals surface area contributed by atoms with Crippen LogP contribution in [0.4, 0.5) is 4.39 Å². The van der Waals surface area contributed by atoms with Crippen molar-refractivity contribution >= 4 is 50.9 Å². The predicted molar refractivity (Wildman–Crippen MR) is 109 cm³/mol. The van der Waals surface area contributed by atoms with Crippen LogP contribution < -0.4 is 0 Å². The van der Waals surface area contributed by atoms with E-state index in [-0.39, 0.29) is 45.5 Å². The number of thioether (sulfide) groups is 1. The van der Waals surface area contributed by atoms with Crippen molar-refractivity contribution in [1.82, 2.24) is 9.21 Å². The quantitative estimate of drug-likeness (QED) is 0.634. The lowest BCUT2D eigenvalue weighted by molar-refractivity contribution is -0.129. The Balaban J connectivity index is 1.58. The Kier molecular flexibility index (Phi) is 6.88. The first-order valence-electron chi connectivity index (χ1n) is 8.39. The largest absolute Gasteiger partial charge is 0.339 e. The van der Waals surface area contributed by atoms with Gasteiger partial charge in [-0.05, 0) is 42.5 Å². The van der Waals surface area contributed by atoms with Crippen molar-refractivity contribution in [3.05, 3.63) is 58.3 Å². The summed E-state index contributed by atoms with van der Waals surface area (Å²) in [5.41, 5.74) is 0. The van der Waals surface area contributed by atoms with Gasteiger partial charge in [0.15, 0.2) is 0 Å². The molecule has 0 saturated carbocycles. The van der Waals surface area contributed by atoms with Crippen LogP contribution in [0, 0.1) is 5.82 Å². The Labute approximate surface area is 177 Å². The van der Waals surface area contributed by atoms with Gasteiger partial charge in [0, 0.05) is 36.1 Å². The summed E-state index contributed by atoms with van der Waals surface area (Å²) in [6.07, 6.45) is 0. The zero-order valence-corrected chi connectivity index (χ0v) is 17.8. The van der Waals surface area contributed by atoms with Crippen molar-refractivity contribution in [1.29, 1.82) is 0 Å². The fraction of sp³-hybridized carbons (Fsp3) is 0.278. The van der Waals surface area contributed by atoms with Crippen LogP contribution in [-0.2, 0) is 14.8 Å². The van der Waals surface area contributed by atoms with E-state index < -0.39 is 10.0 Å². The maximum absolute atomic E-state index is 12.9. The third-order valence-electron chi connectivity index (χ3n) is 4.28. The van der Waals surface area contributed by atoms with Gasteiger partial charge < -0.3 is 4.90 Å². The molecule has 3 rings (SSSR count). The smallest absolute Gasteiger partial charge is 0.244 e. The van der Waals surface area contributed by atoms with Crippen LogP contribution >= 0.6 is 35.0 Å². The molecule has 0 spiro atoms. The van der Waals surface area contributed by atoms with Gasteiger partial charge in [-0.3, -0.25) is 4.79 Å². The molecular formula is C18H17Cl2FN2O3S2. The Morgan fingerprint density at radius 3 is 2.32 bits per heavy atom. The molecule has 1 amide bonds. The van der Waals surface area contributed by atoms with Crippen LogP contribution in [0.25, 0.3) is 0 Å². The fourth-order valence-electron chi connectivity index (χ4n) is 2.76. The first-order valence-corrected chi connectivity index (χ1v) is 11.6. The topological polar surface area (TPSA) is 57.7 Å². The molecule has 0 unspecified atom stereocenters. The van der Waals surface area contributed by atoms with Crippen molar-refractivity contribution in [2.45, 2.75) is 9.79 Å². The number of hydrogen-bond donors (Lipinski definition) is 0. The second-order valence-electron chi connectivity index (χ2n) is 6.10. The fourth-order valence-corrected chi connectivity index (χ4v) is 5.72. The van der Waals surface area contributed by atoms with Gasteiger partial charge in [0.05, 0.1) is 10.8 Å². The van der Waals surface area contributed by atoms with E-state index >= 15 is 0 Å². The summed E-state index contributed by atoms with van der Waals surface area (Å²) >= 11 is 13.3. The summed E-state index contributed by atoms with van der Waals surface area (Å²) in [7, 11) is -3.79. The van der Waals surface area contributed by atoms with Crippen molar-refractivity contribution in [2.75, 3.05) is 31.9 Å². The third-order valence-corrected chi connectivity index (χ3v) is 7.89. The van der Waals surface area contributed by atoms with Gasteiger partial charge in [0.25, 0.3) is 0 Å². The number of hydrogen-bond acceptors (Lipinski definition) is 4. The van der Waals surface area contributed by atoms with Gasteiger partial charge in [-0.25, -0.2) is 12.8 Å². The summed E-state index contributed by atoms with van der Waals surface area (Å²) in [5.74, 6) is -0.210. The zero-order valence-electron chi connectivity index (χ0n) is 14.6. The SMILES string of the molecule is O=C(CSc1ccc(F)cc1)N1CCN(S(=O)(=O)c2cc(Cl)ccc2Cl)CC1. The summed E-state index contributed by atoms with van der Waals surface area (Å²) in [6.45, 7) is 0.941. The number of piperazine rings is 1. The van der Waals surface area contributed by atoms with Crippen LogP contribution in [0.5, 0.6) is 0 Å². The monoisotopic (exact) mass is 462 g/mol. The maximum atomic E-state index is 12.9. The van der Waals surface area contributed by atoms with E-state index in [1.165, 1.54) is 46.4 Å². The molecule has 0 aromatic heterocycles. The molecule has 1 saturated heterocycles. The second kappa shape index (κ2) is 9.00. The Morgan fingerprint density at radius 2 is 1.68 bits per heavy atom. The van der Waals surface area contributed by atoms with E-state index in [1.54, 1.807) is 17.0 Å². The molecule has 5 nitrogen and oxygen atoms in total. The van der Waals surface area contributed by atoms with Gasteiger partial charge in [-0.1, -0.05) is 23.2 Å². The van der Waals surface area contributed by atoms with Crippen molar-refractivity contribution < 1.29 is 17.6 Å². The number of sulfonamides is 1. The second-order valence-corrected chi connectivity index (χ2v) is 9.90. The predicted octanol–water partition coefficient (Wildman–Crippen LogP) is 3.76. The molecule has 2 aromatic rings. The minimum atomic E-state index is -3.79. The van der Waals surface area contributed by atoms with Crippen molar-refractivity contribution in [2.24, 2.45) is 0 Å². The number of amides is 1. The number of benzene rings is 2. The summed E-state index contributed by atoms with van der Waals surface area (Å²) in [6, 6.07) is 10.2. The van der Waals surface area contributed by atoms with E-state index in [0.717, 1.165) is 4.90 Å². The van der Waals surface area contributed by atoms with Crippen LogP contribution in [0.3, 0.4) is 0 Å². The Morgan fingerprint density at radius 1 is 1.04 bits per heavy atom. The third kappa shape index (κ3) is 4.99. The van der Waals surface area contributed by atoms with Gasteiger partial charge in [0.2, 0.25) is 15.9 Å². The molecule has 0 atom stereocenters. The van der Waals surface area contributed by atoms with Gasteiger partial charge in [-0.2, -0.15) is 4.31 Å². The molecule has 10 heteroatoms. The molecule has 1 aliphatic heterocycles. The van der Waals surface area contributed by atoms with Crippen molar-refractivity contribution in [3.8, 4) is 0 Å². The average Bonchev–Trinajstić information content (AvgIpc) is 2.69. The number of rotatable bonds is 5. The van der Waals surface area contributed by atoms with Crippen LogP contribution in [-0.4, -0.2) is 55.5 Å². The molecule has 28 heavy (non-hydrogen) atoms.